The average Bonchev–Trinajstić information content (AvgIpc) is 2.30. The van der Waals surface area contributed by atoms with Crippen LogP contribution in [0, 0.1) is 0 Å². The standard InChI is InChI=1S/C12H19N3O/c1-15(11-5-3-2-4-6-11)10-9-14-12(16)7-8-13/h2-6H,7-10,13H2,1H3,(H,14,16). The second kappa shape index (κ2) is 6.85. The van der Waals surface area contributed by atoms with Crippen LogP contribution in [0.2, 0.25) is 0 Å². The molecule has 1 rings (SSSR count). The van der Waals surface area contributed by atoms with Gasteiger partial charge in [-0.1, -0.05) is 18.2 Å². The number of hydrogen-bond donors (Lipinski definition) is 2. The van der Waals surface area contributed by atoms with Crippen LogP contribution in [0.25, 0.3) is 0 Å². The van der Waals surface area contributed by atoms with Crippen molar-refractivity contribution in [3.8, 4) is 0 Å². The van der Waals surface area contributed by atoms with E-state index in [4.69, 9.17) is 5.73 Å². The Morgan fingerprint density at radius 2 is 2.06 bits per heavy atom. The van der Waals surface area contributed by atoms with Crippen LogP contribution in [0.15, 0.2) is 30.3 Å². The second-order valence-corrected chi connectivity index (χ2v) is 3.65. The Morgan fingerprint density at radius 1 is 1.38 bits per heavy atom. The van der Waals surface area contributed by atoms with Gasteiger partial charge < -0.3 is 16.0 Å². The number of nitrogens with one attached hydrogen (secondary N) is 1. The van der Waals surface area contributed by atoms with Crippen LogP contribution in [-0.2, 0) is 4.79 Å². The molecule has 0 radical (unpaired) electrons. The van der Waals surface area contributed by atoms with Crippen LogP contribution in [0.5, 0.6) is 0 Å². The molecule has 0 atom stereocenters. The van der Waals surface area contributed by atoms with Gasteiger partial charge in [-0.25, -0.2) is 0 Å². The van der Waals surface area contributed by atoms with Gasteiger partial charge in [0.1, 0.15) is 0 Å². The number of amides is 1. The van der Waals surface area contributed by atoms with E-state index in [9.17, 15) is 4.79 Å². The van der Waals surface area contributed by atoms with Crippen LogP contribution >= 0.6 is 0 Å². The number of para-hydroxylation sites is 1. The van der Waals surface area contributed by atoms with Gasteiger partial charge in [0, 0.05) is 38.8 Å². The van der Waals surface area contributed by atoms with Crippen molar-refractivity contribution in [2.24, 2.45) is 5.73 Å². The van der Waals surface area contributed by atoms with E-state index in [1.54, 1.807) is 0 Å². The van der Waals surface area contributed by atoms with E-state index in [-0.39, 0.29) is 5.91 Å². The molecule has 1 aromatic rings. The third-order valence-corrected chi connectivity index (χ3v) is 2.34. The molecule has 0 saturated heterocycles. The summed E-state index contributed by atoms with van der Waals surface area (Å²) in [6.45, 7) is 1.84. The van der Waals surface area contributed by atoms with Crippen molar-refractivity contribution in [1.82, 2.24) is 5.32 Å². The summed E-state index contributed by atoms with van der Waals surface area (Å²) in [7, 11) is 2.00. The van der Waals surface area contributed by atoms with E-state index < -0.39 is 0 Å². The summed E-state index contributed by atoms with van der Waals surface area (Å²) >= 11 is 0. The zero-order chi connectivity index (χ0) is 11.8. The molecule has 0 aliphatic rings. The molecule has 0 aromatic heterocycles. The third-order valence-electron chi connectivity index (χ3n) is 2.34. The third kappa shape index (κ3) is 4.31. The fraction of sp³-hybridized carbons (Fsp3) is 0.417. The van der Waals surface area contributed by atoms with Crippen LogP contribution in [-0.4, -0.2) is 32.6 Å². The second-order valence-electron chi connectivity index (χ2n) is 3.65. The molecule has 1 amide bonds. The first-order chi connectivity index (χ1) is 7.74. The summed E-state index contributed by atoms with van der Waals surface area (Å²) in [6, 6.07) is 10.1. The Balaban J connectivity index is 2.26. The van der Waals surface area contributed by atoms with Crippen LogP contribution in [0.3, 0.4) is 0 Å². The molecule has 0 aliphatic carbocycles. The maximum Gasteiger partial charge on any atom is 0.221 e. The molecule has 0 spiro atoms. The van der Waals surface area contributed by atoms with Crippen LogP contribution in [0.4, 0.5) is 5.69 Å². The van der Waals surface area contributed by atoms with Gasteiger partial charge in [0.05, 0.1) is 0 Å². The van der Waals surface area contributed by atoms with Gasteiger partial charge in [-0.05, 0) is 12.1 Å². The molecule has 0 unspecified atom stereocenters. The zero-order valence-corrected chi connectivity index (χ0v) is 9.65. The van der Waals surface area contributed by atoms with E-state index in [0.29, 0.717) is 19.5 Å². The molecule has 0 saturated carbocycles. The lowest BCUT2D eigenvalue weighted by molar-refractivity contribution is -0.120. The largest absolute Gasteiger partial charge is 0.373 e. The van der Waals surface area contributed by atoms with Gasteiger partial charge in [0.2, 0.25) is 5.91 Å². The fourth-order valence-electron chi connectivity index (χ4n) is 1.39. The number of likely N-dealkylation sites (N-methyl/N-ethyl adjacent to an activating group) is 1. The molecule has 0 fully saturated rings. The van der Waals surface area contributed by atoms with Gasteiger partial charge in [0.15, 0.2) is 0 Å². The number of nitrogens with zero attached hydrogens (tertiary/aromatic N) is 1. The molecule has 0 aliphatic heterocycles. The topological polar surface area (TPSA) is 58.4 Å². The Labute approximate surface area is 96.4 Å². The van der Waals surface area contributed by atoms with Crippen molar-refractivity contribution in [1.29, 1.82) is 0 Å². The SMILES string of the molecule is CN(CCNC(=O)CCN)c1ccccc1. The number of benzene rings is 1. The zero-order valence-electron chi connectivity index (χ0n) is 9.65. The Hall–Kier alpha value is -1.55. The number of hydrogen-bond acceptors (Lipinski definition) is 3. The first kappa shape index (κ1) is 12.5. The molecule has 0 heterocycles. The highest BCUT2D eigenvalue weighted by Crippen LogP contribution is 2.09. The smallest absolute Gasteiger partial charge is 0.221 e. The average molecular weight is 221 g/mol. The van der Waals surface area contributed by atoms with Crippen LogP contribution < -0.4 is 16.0 Å². The minimum Gasteiger partial charge on any atom is -0.373 e. The quantitative estimate of drug-likeness (QED) is 0.739. The predicted octanol–water partition coefficient (Wildman–Crippen LogP) is 0.588. The Morgan fingerprint density at radius 3 is 2.69 bits per heavy atom. The maximum absolute atomic E-state index is 11.2. The van der Waals surface area contributed by atoms with E-state index in [1.165, 1.54) is 0 Å². The number of anilines is 1. The van der Waals surface area contributed by atoms with Crippen molar-refractivity contribution in [2.75, 3.05) is 31.6 Å². The molecule has 16 heavy (non-hydrogen) atoms. The maximum atomic E-state index is 11.2. The Bertz CT molecular complexity index is 313. The molecule has 88 valence electrons. The van der Waals surface area contributed by atoms with Crippen molar-refractivity contribution < 1.29 is 4.79 Å². The number of nitrogens with two attached hydrogens (primary N) is 1. The minimum atomic E-state index is 0.0176. The summed E-state index contributed by atoms with van der Waals surface area (Å²) in [4.78, 5) is 13.3. The first-order valence-corrected chi connectivity index (χ1v) is 5.47. The lowest BCUT2D eigenvalue weighted by Gasteiger charge is -2.19. The highest BCUT2D eigenvalue weighted by Gasteiger charge is 2.01. The number of rotatable bonds is 6. The number of carbonyl (C=O) groups excluding carboxylic acids is 1. The molecule has 1 aromatic carbocycles. The molecule has 4 nitrogen and oxygen atoms in total. The molecule has 0 bridgehead atoms. The van der Waals surface area contributed by atoms with Crippen molar-refractivity contribution >= 4 is 11.6 Å². The van der Waals surface area contributed by atoms with Crippen molar-refractivity contribution in [3.63, 3.8) is 0 Å². The summed E-state index contributed by atoms with van der Waals surface area (Å²) in [5.41, 5.74) is 6.43. The normalized spacial score (nSPS) is 9.88. The molecular formula is C12H19N3O. The van der Waals surface area contributed by atoms with Crippen LogP contribution in [0.1, 0.15) is 6.42 Å². The predicted molar refractivity (Wildman–Crippen MR) is 66.4 cm³/mol. The van der Waals surface area contributed by atoms with E-state index in [0.717, 1.165) is 12.2 Å². The lowest BCUT2D eigenvalue weighted by Crippen LogP contribution is -2.33. The molecular weight excluding hydrogens is 202 g/mol. The van der Waals surface area contributed by atoms with Gasteiger partial charge in [-0.2, -0.15) is 0 Å². The summed E-state index contributed by atoms with van der Waals surface area (Å²) in [6.07, 6.45) is 0.398. The van der Waals surface area contributed by atoms with Crippen molar-refractivity contribution in [3.05, 3.63) is 30.3 Å². The van der Waals surface area contributed by atoms with Gasteiger partial charge >= 0.3 is 0 Å². The minimum absolute atomic E-state index is 0.0176. The molecule has 4 heteroatoms. The summed E-state index contributed by atoms with van der Waals surface area (Å²) in [5.74, 6) is 0.0176. The summed E-state index contributed by atoms with van der Waals surface area (Å²) < 4.78 is 0. The van der Waals surface area contributed by atoms with Crippen molar-refractivity contribution in [2.45, 2.75) is 6.42 Å². The van der Waals surface area contributed by atoms with Gasteiger partial charge in [-0.3, -0.25) is 4.79 Å². The van der Waals surface area contributed by atoms with E-state index >= 15 is 0 Å². The highest BCUT2D eigenvalue weighted by molar-refractivity contribution is 5.76. The first-order valence-electron chi connectivity index (χ1n) is 5.47. The molecule has 3 N–H and O–H groups in total. The monoisotopic (exact) mass is 221 g/mol. The number of carbonyl (C=O) groups is 1. The van der Waals surface area contributed by atoms with E-state index in [1.807, 2.05) is 37.4 Å². The highest BCUT2D eigenvalue weighted by atomic mass is 16.1. The van der Waals surface area contributed by atoms with Gasteiger partial charge in [-0.15, -0.1) is 0 Å². The van der Waals surface area contributed by atoms with Gasteiger partial charge in [0.25, 0.3) is 0 Å². The lowest BCUT2D eigenvalue weighted by atomic mass is 10.3. The fourth-order valence-corrected chi connectivity index (χ4v) is 1.39. The van der Waals surface area contributed by atoms with E-state index in [2.05, 4.69) is 10.2 Å². The summed E-state index contributed by atoms with van der Waals surface area (Å²) in [5, 5.41) is 2.82. The Kier molecular flexibility index (Phi) is 5.36.